The van der Waals surface area contributed by atoms with Crippen LogP contribution in [0.2, 0.25) is 36.3 Å². The van der Waals surface area contributed by atoms with Crippen molar-refractivity contribution in [2.75, 3.05) is 7.11 Å². The van der Waals surface area contributed by atoms with Crippen LogP contribution >= 0.6 is 0 Å². The molecule has 0 bridgehead atoms. The molecule has 0 spiro atoms. The summed E-state index contributed by atoms with van der Waals surface area (Å²) in [4.78, 5) is 13.2. The number of aryl methyl sites for hydroxylation is 2. The molecule has 3 aromatic carbocycles. The Bertz CT molecular complexity index is 1440. The van der Waals surface area contributed by atoms with Crippen LogP contribution in [0.1, 0.15) is 83.9 Å². The molecule has 49 heavy (non-hydrogen) atoms. The van der Waals surface area contributed by atoms with Crippen molar-refractivity contribution in [3.05, 3.63) is 89.5 Å². The molecule has 1 N–H and O–H groups in total. The van der Waals surface area contributed by atoms with E-state index in [9.17, 15) is 9.90 Å². The molecule has 3 rings (SSSR count). The molecule has 0 saturated heterocycles. The number of Topliss-reactive ketones (excluding diaryl/α,β-unsaturated/α-hetero) is 1. The third-order valence-corrected chi connectivity index (χ3v) is 19.0. The van der Waals surface area contributed by atoms with Gasteiger partial charge in [-0.05, 0) is 115 Å². The maximum Gasteiger partial charge on any atom is 0.250 e. The highest BCUT2D eigenvalue weighted by Crippen LogP contribution is 2.38. The van der Waals surface area contributed by atoms with Crippen molar-refractivity contribution in [3.63, 3.8) is 0 Å². The zero-order valence-corrected chi connectivity index (χ0v) is 34.0. The van der Waals surface area contributed by atoms with Crippen LogP contribution in [0, 0.1) is 0 Å². The minimum absolute atomic E-state index is 0.0171. The summed E-state index contributed by atoms with van der Waals surface area (Å²) in [6.07, 6.45) is 2.11. The van der Waals surface area contributed by atoms with E-state index in [4.69, 9.17) is 18.3 Å². The smallest absolute Gasteiger partial charge is 0.250 e. The minimum atomic E-state index is -1.91. The van der Waals surface area contributed by atoms with Crippen LogP contribution in [0.3, 0.4) is 0 Å². The normalized spacial score (nSPS) is 13.9. The third-order valence-electron chi connectivity index (χ3n) is 10.3. The Balaban J connectivity index is 1.56. The molecule has 0 unspecified atom stereocenters. The van der Waals surface area contributed by atoms with E-state index >= 15 is 0 Å². The fourth-order valence-corrected chi connectivity index (χ4v) is 6.95. The molecule has 0 aliphatic rings. The second kappa shape index (κ2) is 17.3. The van der Waals surface area contributed by atoms with Crippen molar-refractivity contribution in [2.24, 2.45) is 0 Å². The molecule has 0 fully saturated rings. The van der Waals surface area contributed by atoms with Gasteiger partial charge in [0.1, 0.15) is 23.0 Å². The van der Waals surface area contributed by atoms with Gasteiger partial charge in [0, 0.05) is 12.8 Å². The van der Waals surface area contributed by atoms with E-state index < -0.39 is 22.7 Å². The van der Waals surface area contributed by atoms with Crippen LogP contribution in [0.5, 0.6) is 17.2 Å². The molecule has 0 saturated carbocycles. The molecule has 0 amide bonds. The summed E-state index contributed by atoms with van der Waals surface area (Å²) < 4.78 is 24.5. The highest BCUT2D eigenvalue weighted by Gasteiger charge is 2.39. The molecule has 3 aromatic rings. The molecule has 0 aliphatic heterocycles. The number of hydrogen-bond donors (Lipinski definition) is 1. The minimum Gasteiger partial charge on any atom is -0.544 e. The SMILES string of the molecule is COc1ccc(CO[C@@H](CCc2ccc(O[Si](C)(C)C(C)(C)C)cc2)CC(=O)C[C@@H](O)CCc2ccc(O[Si](C)(C)C(C)(C)C)cc2)cc1. The first-order valence-corrected chi connectivity index (χ1v) is 23.6. The number of rotatable bonds is 18. The quantitative estimate of drug-likeness (QED) is 0.133. The van der Waals surface area contributed by atoms with Gasteiger partial charge in [0.15, 0.2) is 0 Å². The lowest BCUT2D eigenvalue weighted by Gasteiger charge is -2.36. The van der Waals surface area contributed by atoms with E-state index in [-0.39, 0.29) is 34.8 Å². The fourth-order valence-electron chi connectivity index (χ4n) is 4.89. The maximum atomic E-state index is 13.2. The predicted octanol–water partition coefficient (Wildman–Crippen LogP) is 10.3. The van der Waals surface area contributed by atoms with E-state index in [0.29, 0.717) is 25.9 Å². The van der Waals surface area contributed by atoms with Crippen molar-refractivity contribution in [3.8, 4) is 17.2 Å². The first kappa shape index (κ1) is 40.5. The predicted molar refractivity (Wildman–Crippen MR) is 207 cm³/mol. The van der Waals surface area contributed by atoms with Crippen LogP contribution in [0.25, 0.3) is 0 Å². The average Bonchev–Trinajstić information content (AvgIpc) is 3.01. The summed E-state index contributed by atoms with van der Waals surface area (Å²) in [6, 6.07) is 24.3. The van der Waals surface area contributed by atoms with Crippen LogP contribution in [0.15, 0.2) is 72.8 Å². The molecule has 270 valence electrons. The number of aliphatic hydroxyl groups excluding tert-OH is 1. The van der Waals surface area contributed by atoms with Crippen molar-refractivity contribution in [1.29, 1.82) is 0 Å². The Morgan fingerprint density at radius 3 is 1.47 bits per heavy atom. The topological polar surface area (TPSA) is 74.2 Å². The van der Waals surface area contributed by atoms with E-state index in [1.165, 1.54) is 5.56 Å². The summed E-state index contributed by atoms with van der Waals surface area (Å²) in [5.74, 6) is 2.61. The van der Waals surface area contributed by atoms with Gasteiger partial charge in [-0.1, -0.05) is 77.9 Å². The number of carbonyl (C=O) groups excluding carboxylic acids is 1. The van der Waals surface area contributed by atoms with E-state index in [1.807, 2.05) is 36.4 Å². The van der Waals surface area contributed by atoms with Crippen LogP contribution in [-0.2, 0) is 29.0 Å². The van der Waals surface area contributed by atoms with E-state index in [1.54, 1.807) is 7.11 Å². The van der Waals surface area contributed by atoms with Gasteiger partial charge in [-0.25, -0.2) is 0 Å². The lowest BCUT2D eigenvalue weighted by Crippen LogP contribution is -2.43. The largest absolute Gasteiger partial charge is 0.544 e. The van der Waals surface area contributed by atoms with Crippen molar-refractivity contribution in [2.45, 2.75) is 135 Å². The molecular weight excluding hydrogens is 645 g/mol. The Morgan fingerprint density at radius 2 is 1.04 bits per heavy atom. The Hall–Kier alpha value is -2.92. The number of carbonyl (C=O) groups is 1. The number of ketones is 1. The van der Waals surface area contributed by atoms with E-state index in [2.05, 4.69) is 104 Å². The Kier molecular flexibility index (Phi) is 14.3. The number of aliphatic hydroxyl groups is 1. The van der Waals surface area contributed by atoms with Gasteiger partial charge in [-0.2, -0.15) is 0 Å². The summed E-state index contributed by atoms with van der Waals surface area (Å²) in [7, 11) is -2.16. The standard InChI is InChI=1S/C41H62O6Si2/c1-40(2,3)48(8,9)46-37-23-13-31(14-24-37)12-20-34(42)28-35(43)29-39(45-30-33-18-21-36(44-7)22-19-33)27-17-32-15-25-38(26-16-32)47-49(10,11)41(4,5)6/h13-16,18-19,21-26,34,39,42H,12,17,20,27-30H2,1-11H3/t34-,39-/m0/s1. The molecule has 8 heteroatoms. The third kappa shape index (κ3) is 13.0. The molecule has 2 atom stereocenters. The zero-order valence-electron chi connectivity index (χ0n) is 32.0. The molecule has 0 aliphatic carbocycles. The maximum absolute atomic E-state index is 13.2. The Labute approximate surface area is 298 Å². The van der Waals surface area contributed by atoms with Crippen LogP contribution in [-0.4, -0.2) is 46.8 Å². The number of hydrogen-bond acceptors (Lipinski definition) is 6. The molecule has 6 nitrogen and oxygen atoms in total. The van der Waals surface area contributed by atoms with Gasteiger partial charge < -0.3 is 23.4 Å². The molecule has 0 radical (unpaired) electrons. The van der Waals surface area contributed by atoms with Gasteiger partial charge in [0.05, 0.1) is 25.9 Å². The van der Waals surface area contributed by atoms with Crippen molar-refractivity contribution >= 4 is 22.4 Å². The number of ether oxygens (including phenoxy) is 2. The second-order valence-corrected chi connectivity index (χ2v) is 25.9. The van der Waals surface area contributed by atoms with Crippen LogP contribution in [0.4, 0.5) is 0 Å². The number of benzene rings is 3. The number of methoxy groups -OCH3 is 1. The lowest BCUT2D eigenvalue weighted by molar-refractivity contribution is -0.124. The van der Waals surface area contributed by atoms with Gasteiger partial charge in [0.25, 0.3) is 0 Å². The van der Waals surface area contributed by atoms with Gasteiger partial charge in [-0.15, -0.1) is 0 Å². The summed E-state index contributed by atoms with van der Waals surface area (Å²) in [5, 5.41) is 11.1. The van der Waals surface area contributed by atoms with Gasteiger partial charge >= 0.3 is 0 Å². The lowest BCUT2D eigenvalue weighted by atomic mass is 9.98. The molecule has 0 aromatic heterocycles. The second-order valence-electron chi connectivity index (χ2n) is 16.5. The first-order valence-electron chi connectivity index (χ1n) is 17.8. The summed E-state index contributed by atoms with van der Waals surface area (Å²) in [6.45, 7) is 22.8. The molecular formula is C41H62O6Si2. The van der Waals surface area contributed by atoms with E-state index in [0.717, 1.165) is 34.8 Å². The van der Waals surface area contributed by atoms with Gasteiger partial charge in [0.2, 0.25) is 16.6 Å². The average molecular weight is 707 g/mol. The highest BCUT2D eigenvalue weighted by atomic mass is 28.4. The van der Waals surface area contributed by atoms with Crippen LogP contribution < -0.4 is 13.6 Å². The summed E-state index contributed by atoms with van der Waals surface area (Å²) >= 11 is 0. The Morgan fingerprint density at radius 1 is 0.633 bits per heavy atom. The highest BCUT2D eigenvalue weighted by molar-refractivity contribution is 6.75. The van der Waals surface area contributed by atoms with Gasteiger partial charge in [-0.3, -0.25) is 4.79 Å². The summed E-state index contributed by atoms with van der Waals surface area (Å²) in [5.41, 5.74) is 3.32. The fraction of sp³-hybridized carbons (Fsp3) is 0.537. The first-order chi connectivity index (χ1) is 22.8. The van der Waals surface area contributed by atoms with Crippen molar-refractivity contribution in [1.82, 2.24) is 0 Å². The zero-order chi connectivity index (χ0) is 36.5. The van der Waals surface area contributed by atoms with Crippen molar-refractivity contribution < 1.29 is 28.2 Å². The monoisotopic (exact) mass is 706 g/mol. The molecule has 0 heterocycles.